The number of pyridine rings is 1. The van der Waals surface area contributed by atoms with Gasteiger partial charge in [-0.3, -0.25) is 0 Å². The van der Waals surface area contributed by atoms with Crippen molar-refractivity contribution in [3.05, 3.63) is 47.8 Å². The number of methoxy groups -OCH3 is 2. The van der Waals surface area contributed by atoms with E-state index in [1.165, 1.54) is 19.4 Å². The molecule has 0 bridgehead atoms. The van der Waals surface area contributed by atoms with Crippen molar-refractivity contribution in [2.75, 3.05) is 20.8 Å². The summed E-state index contributed by atoms with van der Waals surface area (Å²) in [5.41, 5.74) is 1.01. The summed E-state index contributed by atoms with van der Waals surface area (Å²) in [6, 6.07) is 9.02. The second kappa shape index (κ2) is 7.31. The zero-order chi connectivity index (χ0) is 15.9. The van der Waals surface area contributed by atoms with Crippen LogP contribution in [0.15, 0.2) is 36.5 Å². The van der Waals surface area contributed by atoms with Crippen LogP contribution in [0.2, 0.25) is 0 Å². The van der Waals surface area contributed by atoms with Crippen molar-refractivity contribution < 1.29 is 24.1 Å². The summed E-state index contributed by atoms with van der Waals surface area (Å²) >= 11 is 0. The Labute approximate surface area is 128 Å². The van der Waals surface area contributed by atoms with Crippen molar-refractivity contribution in [1.82, 2.24) is 4.98 Å². The lowest BCUT2D eigenvalue weighted by atomic mass is 10.1. The van der Waals surface area contributed by atoms with Crippen LogP contribution in [0.4, 0.5) is 0 Å². The highest BCUT2D eigenvalue weighted by Crippen LogP contribution is 2.26. The van der Waals surface area contributed by atoms with Crippen molar-refractivity contribution in [2.24, 2.45) is 0 Å². The molecule has 0 saturated carbocycles. The molecular weight excluding hydrogens is 286 g/mol. The highest BCUT2D eigenvalue weighted by molar-refractivity contribution is 5.86. The van der Waals surface area contributed by atoms with E-state index in [4.69, 9.17) is 19.3 Å². The van der Waals surface area contributed by atoms with Gasteiger partial charge in [0.05, 0.1) is 27.0 Å². The molecule has 6 heteroatoms. The minimum Gasteiger partial charge on any atom is -0.497 e. The number of hydrogen-bond donors (Lipinski definition) is 1. The smallest absolute Gasteiger partial charge is 0.354 e. The van der Waals surface area contributed by atoms with E-state index in [0.29, 0.717) is 24.5 Å². The first-order valence-corrected chi connectivity index (χ1v) is 6.67. The molecule has 116 valence electrons. The molecule has 0 unspecified atom stereocenters. The highest BCUT2D eigenvalue weighted by Gasteiger charge is 2.11. The van der Waals surface area contributed by atoms with Crippen LogP contribution < -0.4 is 14.2 Å². The molecule has 0 aliphatic rings. The monoisotopic (exact) mass is 303 g/mol. The lowest BCUT2D eigenvalue weighted by molar-refractivity contribution is 0.0689. The van der Waals surface area contributed by atoms with E-state index in [-0.39, 0.29) is 5.69 Å². The van der Waals surface area contributed by atoms with Gasteiger partial charge in [-0.15, -0.1) is 0 Å². The molecular formula is C16H17NO5. The van der Waals surface area contributed by atoms with E-state index in [2.05, 4.69) is 4.98 Å². The number of hydrogen-bond acceptors (Lipinski definition) is 5. The van der Waals surface area contributed by atoms with Crippen LogP contribution in [0.5, 0.6) is 17.2 Å². The average Bonchev–Trinajstić information content (AvgIpc) is 2.55. The Bertz CT molecular complexity index is 639. The lowest BCUT2D eigenvalue weighted by Crippen LogP contribution is -2.06. The van der Waals surface area contributed by atoms with E-state index < -0.39 is 5.97 Å². The molecule has 2 rings (SSSR count). The van der Waals surface area contributed by atoms with Crippen molar-refractivity contribution in [1.29, 1.82) is 0 Å². The van der Waals surface area contributed by atoms with Gasteiger partial charge < -0.3 is 19.3 Å². The summed E-state index contributed by atoms with van der Waals surface area (Å²) in [6.07, 6.45) is 2.02. The third-order valence-electron chi connectivity index (χ3n) is 3.08. The number of carbonyl (C=O) groups is 1. The molecule has 1 aromatic heterocycles. The first kappa shape index (κ1) is 15.6. The topological polar surface area (TPSA) is 77.9 Å². The zero-order valence-corrected chi connectivity index (χ0v) is 12.4. The summed E-state index contributed by atoms with van der Waals surface area (Å²) in [5.74, 6) is 0.456. The van der Waals surface area contributed by atoms with Crippen molar-refractivity contribution in [3.8, 4) is 17.2 Å². The van der Waals surface area contributed by atoms with Crippen LogP contribution in [-0.4, -0.2) is 36.9 Å². The SMILES string of the molecule is COc1ccc(CCOc2cc(C(=O)O)ncc2OC)cc1. The van der Waals surface area contributed by atoms with Gasteiger partial charge in [0.1, 0.15) is 5.75 Å². The molecule has 0 atom stereocenters. The number of carboxylic acid groups (broad SMARTS) is 1. The number of benzene rings is 1. The normalized spacial score (nSPS) is 10.1. The fourth-order valence-electron chi connectivity index (χ4n) is 1.88. The molecule has 0 radical (unpaired) electrons. The fourth-order valence-corrected chi connectivity index (χ4v) is 1.88. The maximum absolute atomic E-state index is 10.9. The molecule has 0 fully saturated rings. The maximum Gasteiger partial charge on any atom is 0.354 e. The summed E-state index contributed by atoms with van der Waals surface area (Å²) in [5, 5.41) is 8.95. The van der Waals surface area contributed by atoms with Crippen LogP contribution in [0.1, 0.15) is 16.1 Å². The predicted octanol–water partition coefficient (Wildman–Crippen LogP) is 2.42. The second-order valence-corrected chi connectivity index (χ2v) is 4.47. The minimum absolute atomic E-state index is 0.0831. The van der Waals surface area contributed by atoms with E-state index in [1.54, 1.807) is 7.11 Å². The van der Waals surface area contributed by atoms with Gasteiger partial charge in [-0.1, -0.05) is 12.1 Å². The number of nitrogens with zero attached hydrogens (tertiary/aromatic N) is 1. The number of aromatic nitrogens is 1. The second-order valence-electron chi connectivity index (χ2n) is 4.47. The molecule has 1 heterocycles. The molecule has 0 aliphatic heterocycles. The summed E-state index contributed by atoms with van der Waals surface area (Å²) in [4.78, 5) is 14.7. The summed E-state index contributed by atoms with van der Waals surface area (Å²) in [7, 11) is 3.10. The first-order chi connectivity index (χ1) is 10.6. The highest BCUT2D eigenvalue weighted by atomic mass is 16.5. The van der Waals surface area contributed by atoms with Gasteiger partial charge in [0.25, 0.3) is 0 Å². The minimum atomic E-state index is -1.11. The summed E-state index contributed by atoms with van der Waals surface area (Å²) in [6.45, 7) is 0.395. The predicted molar refractivity (Wildman–Crippen MR) is 79.9 cm³/mol. The van der Waals surface area contributed by atoms with E-state index in [0.717, 1.165) is 11.3 Å². The molecule has 22 heavy (non-hydrogen) atoms. The fraction of sp³-hybridized carbons (Fsp3) is 0.250. The Morgan fingerprint density at radius 2 is 1.86 bits per heavy atom. The zero-order valence-electron chi connectivity index (χ0n) is 12.4. The van der Waals surface area contributed by atoms with Crippen molar-refractivity contribution >= 4 is 5.97 Å². The quantitative estimate of drug-likeness (QED) is 0.846. The van der Waals surface area contributed by atoms with Crippen LogP contribution >= 0.6 is 0 Å². The van der Waals surface area contributed by atoms with Gasteiger partial charge >= 0.3 is 5.97 Å². The Kier molecular flexibility index (Phi) is 5.19. The van der Waals surface area contributed by atoms with E-state index in [1.807, 2.05) is 24.3 Å². The first-order valence-electron chi connectivity index (χ1n) is 6.67. The van der Waals surface area contributed by atoms with E-state index >= 15 is 0 Å². The van der Waals surface area contributed by atoms with Crippen LogP contribution in [-0.2, 0) is 6.42 Å². The molecule has 1 N–H and O–H groups in total. The van der Waals surface area contributed by atoms with Crippen molar-refractivity contribution in [3.63, 3.8) is 0 Å². The standard InChI is InChI=1S/C16H17NO5/c1-20-12-5-3-11(4-6-12)7-8-22-14-9-13(16(18)19)17-10-15(14)21-2/h3-6,9-10H,7-8H2,1-2H3,(H,18,19). The molecule has 0 aliphatic carbocycles. The van der Waals surface area contributed by atoms with Gasteiger partial charge in [-0.05, 0) is 17.7 Å². The average molecular weight is 303 g/mol. The third kappa shape index (κ3) is 3.88. The van der Waals surface area contributed by atoms with Gasteiger partial charge in [0, 0.05) is 12.5 Å². The molecule has 0 amide bonds. The van der Waals surface area contributed by atoms with Crippen LogP contribution in [0, 0.1) is 0 Å². The molecule has 6 nitrogen and oxygen atoms in total. The Morgan fingerprint density at radius 3 is 2.45 bits per heavy atom. The molecule has 0 spiro atoms. The third-order valence-corrected chi connectivity index (χ3v) is 3.08. The van der Waals surface area contributed by atoms with Gasteiger partial charge in [-0.25, -0.2) is 9.78 Å². The van der Waals surface area contributed by atoms with Crippen LogP contribution in [0.3, 0.4) is 0 Å². The van der Waals surface area contributed by atoms with E-state index in [9.17, 15) is 4.79 Å². The van der Waals surface area contributed by atoms with Gasteiger partial charge in [0.15, 0.2) is 17.2 Å². The lowest BCUT2D eigenvalue weighted by Gasteiger charge is -2.11. The van der Waals surface area contributed by atoms with Crippen molar-refractivity contribution in [2.45, 2.75) is 6.42 Å². The number of aromatic carboxylic acids is 1. The number of carboxylic acids is 1. The number of rotatable bonds is 7. The van der Waals surface area contributed by atoms with Crippen LogP contribution in [0.25, 0.3) is 0 Å². The molecule has 0 saturated heterocycles. The summed E-state index contributed by atoms with van der Waals surface area (Å²) < 4.78 is 15.8. The maximum atomic E-state index is 10.9. The van der Waals surface area contributed by atoms with Gasteiger partial charge in [0.2, 0.25) is 0 Å². The Balaban J connectivity index is 2.00. The molecule has 2 aromatic rings. The number of ether oxygens (including phenoxy) is 3. The Morgan fingerprint density at radius 1 is 1.14 bits per heavy atom. The van der Waals surface area contributed by atoms with Gasteiger partial charge in [-0.2, -0.15) is 0 Å². The molecule has 1 aromatic carbocycles. The largest absolute Gasteiger partial charge is 0.497 e. The Hall–Kier alpha value is -2.76.